The molecule has 2 rings (SSSR count). The van der Waals surface area contributed by atoms with E-state index in [1.165, 1.54) is 0 Å². The van der Waals surface area contributed by atoms with Crippen LogP contribution < -0.4 is 10.1 Å². The lowest BCUT2D eigenvalue weighted by Gasteiger charge is -2.11. The Morgan fingerprint density at radius 3 is 2.85 bits per heavy atom. The van der Waals surface area contributed by atoms with Crippen LogP contribution in [-0.4, -0.2) is 19.2 Å². The van der Waals surface area contributed by atoms with Gasteiger partial charge in [0.05, 0.1) is 0 Å². The van der Waals surface area contributed by atoms with Gasteiger partial charge in [-0.1, -0.05) is 18.2 Å². The molecular weight excluding hydrogens is 162 g/mol. The van der Waals surface area contributed by atoms with Gasteiger partial charge in [-0.15, -0.1) is 0 Å². The zero-order chi connectivity index (χ0) is 8.93. The molecule has 69 valence electrons. The molecule has 2 heteroatoms. The molecule has 13 heavy (non-hydrogen) atoms. The van der Waals surface area contributed by atoms with E-state index >= 15 is 0 Å². The van der Waals surface area contributed by atoms with Gasteiger partial charge < -0.3 is 10.1 Å². The van der Waals surface area contributed by atoms with Crippen LogP contribution >= 0.6 is 0 Å². The Morgan fingerprint density at radius 2 is 2.15 bits per heavy atom. The second-order valence-corrected chi connectivity index (χ2v) is 3.25. The van der Waals surface area contributed by atoms with Crippen molar-refractivity contribution in [2.24, 2.45) is 0 Å². The molecule has 0 amide bonds. The Labute approximate surface area is 78.9 Å². The van der Waals surface area contributed by atoms with Crippen LogP contribution in [0.1, 0.15) is 6.42 Å². The lowest BCUT2D eigenvalue weighted by atomic mass is 10.2. The van der Waals surface area contributed by atoms with Crippen LogP contribution in [0.5, 0.6) is 5.75 Å². The van der Waals surface area contributed by atoms with E-state index in [0.29, 0.717) is 6.04 Å². The highest BCUT2D eigenvalue weighted by Crippen LogP contribution is 2.10. The van der Waals surface area contributed by atoms with E-state index in [1.54, 1.807) is 0 Å². The molecule has 0 spiro atoms. The van der Waals surface area contributed by atoms with Crippen LogP contribution in [0.3, 0.4) is 0 Å². The Balaban J connectivity index is 1.79. The zero-order valence-corrected chi connectivity index (χ0v) is 7.57. The summed E-state index contributed by atoms with van der Waals surface area (Å²) in [5, 5.41) is 3.35. The molecule has 1 atom stereocenters. The van der Waals surface area contributed by atoms with E-state index in [1.807, 2.05) is 30.3 Å². The van der Waals surface area contributed by atoms with Crippen molar-refractivity contribution in [3.63, 3.8) is 0 Å². The largest absolute Gasteiger partial charge is 0.492 e. The van der Waals surface area contributed by atoms with Gasteiger partial charge in [-0.05, 0) is 31.5 Å². The highest BCUT2D eigenvalue weighted by atomic mass is 16.5. The first kappa shape index (κ1) is 8.57. The normalized spacial score (nSPS) is 21.7. The van der Waals surface area contributed by atoms with Crippen LogP contribution in [0.4, 0.5) is 0 Å². The van der Waals surface area contributed by atoms with Crippen molar-refractivity contribution in [2.45, 2.75) is 12.5 Å². The van der Waals surface area contributed by atoms with Gasteiger partial charge in [0.25, 0.3) is 0 Å². The summed E-state index contributed by atoms with van der Waals surface area (Å²) in [4.78, 5) is 0. The average molecular weight is 176 g/mol. The lowest BCUT2D eigenvalue weighted by molar-refractivity contribution is 0.278. The maximum atomic E-state index is 5.61. The van der Waals surface area contributed by atoms with Gasteiger partial charge in [-0.3, -0.25) is 0 Å². The lowest BCUT2D eigenvalue weighted by Crippen LogP contribution is -2.28. The Hall–Kier alpha value is -1.02. The minimum Gasteiger partial charge on any atom is -0.492 e. The monoisotopic (exact) mass is 176 g/mol. The summed E-state index contributed by atoms with van der Waals surface area (Å²) in [6.07, 6.45) is 3.37. The third-order valence-corrected chi connectivity index (χ3v) is 2.20. The summed E-state index contributed by atoms with van der Waals surface area (Å²) in [6, 6.07) is 10.4. The van der Waals surface area contributed by atoms with Crippen molar-refractivity contribution >= 4 is 0 Å². The van der Waals surface area contributed by atoms with Gasteiger partial charge >= 0.3 is 0 Å². The molecule has 1 aromatic rings. The van der Waals surface area contributed by atoms with Crippen LogP contribution in [0.15, 0.2) is 30.3 Å². The van der Waals surface area contributed by atoms with E-state index in [2.05, 4.69) is 11.7 Å². The van der Waals surface area contributed by atoms with Crippen LogP contribution in [0, 0.1) is 6.42 Å². The predicted octanol–water partition coefficient (Wildman–Crippen LogP) is 1.63. The van der Waals surface area contributed by atoms with Gasteiger partial charge in [0, 0.05) is 6.04 Å². The highest BCUT2D eigenvalue weighted by Gasteiger charge is 2.14. The van der Waals surface area contributed by atoms with E-state index in [4.69, 9.17) is 4.74 Å². The first-order chi connectivity index (χ1) is 6.45. The summed E-state index contributed by atoms with van der Waals surface area (Å²) in [7, 11) is 0. The zero-order valence-electron chi connectivity index (χ0n) is 7.57. The van der Waals surface area contributed by atoms with Gasteiger partial charge in [-0.2, -0.15) is 0 Å². The SMILES string of the molecule is [CH]1CNC(COc2ccccc2)C1. The summed E-state index contributed by atoms with van der Waals surface area (Å²) >= 11 is 0. The van der Waals surface area contributed by atoms with Crippen molar-refractivity contribution in [1.82, 2.24) is 5.32 Å². The number of hydrogen-bond acceptors (Lipinski definition) is 2. The number of nitrogens with one attached hydrogen (secondary N) is 1. The molecular formula is C11H14NO. The molecule has 1 saturated heterocycles. The second kappa shape index (κ2) is 4.28. The molecule has 0 bridgehead atoms. The fourth-order valence-electron chi connectivity index (χ4n) is 1.46. The smallest absolute Gasteiger partial charge is 0.119 e. The van der Waals surface area contributed by atoms with Crippen LogP contribution in [0.25, 0.3) is 0 Å². The third-order valence-electron chi connectivity index (χ3n) is 2.20. The Bertz CT molecular complexity index is 242. The highest BCUT2D eigenvalue weighted by molar-refractivity contribution is 5.21. The molecule has 1 heterocycles. The van der Waals surface area contributed by atoms with Crippen molar-refractivity contribution in [1.29, 1.82) is 0 Å². The van der Waals surface area contributed by atoms with Gasteiger partial charge in [-0.25, -0.2) is 0 Å². The molecule has 0 aliphatic carbocycles. The fraction of sp³-hybridized carbons (Fsp3) is 0.364. The van der Waals surface area contributed by atoms with E-state index in [0.717, 1.165) is 25.3 Å². The number of para-hydroxylation sites is 1. The Kier molecular flexibility index (Phi) is 2.82. The first-order valence-corrected chi connectivity index (χ1v) is 4.68. The predicted molar refractivity (Wildman–Crippen MR) is 52.6 cm³/mol. The minimum absolute atomic E-state index is 0.500. The van der Waals surface area contributed by atoms with Crippen molar-refractivity contribution in [3.05, 3.63) is 36.8 Å². The van der Waals surface area contributed by atoms with E-state index < -0.39 is 0 Å². The fourth-order valence-corrected chi connectivity index (χ4v) is 1.46. The molecule has 0 aromatic heterocycles. The van der Waals surface area contributed by atoms with Crippen molar-refractivity contribution in [2.75, 3.05) is 13.2 Å². The summed E-state index contributed by atoms with van der Waals surface area (Å²) in [5.41, 5.74) is 0. The van der Waals surface area contributed by atoms with Gasteiger partial charge in [0.2, 0.25) is 0 Å². The molecule has 1 aromatic carbocycles. The topological polar surface area (TPSA) is 21.3 Å². The quantitative estimate of drug-likeness (QED) is 0.755. The molecule has 2 nitrogen and oxygen atoms in total. The summed E-state index contributed by atoms with van der Waals surface area (Å²) in [6.45, 7) is 1.78. The van der Waals surface area contributed by atoms with Gasteiger partial charge in [0.1, 0.15) is 12.4 Å². The maximum absolute atomic E-state index is 5.61. The summed E-state index contributed by atoms with van der Waals surface area (Å²) < 4.78 is 5.61. The molecule has 1 N–H and O–H groups in total. The first-order valence-electron chi connectivity index (χ1n) is 4.68. The van der Waals surface area contributed by atoms with Crippen molar-refractivity contribution in [3.8, 4) is 5.75 Å². The molecule has 1 radical (unpaired) electrons. The second-order valence-electron chi connectivity index (χ2n) is 3.25. The molecule has 1 aliphatic rings. The summed E-state index contributed by atoms with van der Waals surface area (Å²) in [5.74, 6) is 0.955. The van der Waals surface area contributed by atoms with E-state index in [9.17, 15) is 0 Å². The molecule has 1 aliphatic heterocycles. The number of rotatable bonds is 3. The maximum Gasteiger partial charge on any atom is 0.119 e. The number of hydrogen-bond donors (Lipinski definition) is 1. The number of benzene rings is 1. The minimum atomic E-state index is 0.500. The molecule has 0 saturated carbocycles. The number of ether oxygens (including phenoxy) is 1. The van der Waals surface area contributed by atoms with E-state index in [-0.39, 0.29) is 0 Å². The van der Waals surface area contributed by atoms with Crippen LogP contribution in [0.2, 0.25) is 0 Å². The van der Waals surface area contributed by atoms with Crippen LogP contribution in [-0.2, 0) is 0 Å². The Morgan fingerprint density at radius 1 is 1.31 bits per heavy atom. The molecule has 1 unspecified atom stereocenters. The standard InChI is InChI=1S/C11H14NO/c1-2-6-11(7-3-1)13-9-10-5-4-8-12-10/h1-4,6-7,10,12H,5,8-9H2. The molecule has 1 fully saturated rings. The van der Waals surface area contributed by atoms with Crippen molar-refractivity contribution < 1.29 is 4.74 Å². The average Bonchev–Trinajstić information content (AvgIpc) is 2.69. The third kappa shape index (κ3) is 2.46. The van der Waals surface area contributed by atoms with Gasteiger partial charge in [0.15, 0.2) is 0 Å².